The summed E-state index contributed by atoms with van der Waals surface area (Å²) >= 11 is 0. The van der Waals surface area contributed by atoms with Gasteiger partial charge in [-0.25, -0.2) is 14.4 Å². The number of hydrogen-bond donors (Lipinski definition) is 1. The Hall–Kier alpha value is -4.59. The summed E-state index contributed by atoms with van der Waals surface area (Å²) in [6, 6.07) is 23.6. The van der Waals surface area contributed by atoms with Crippen molar-refractivity contribution in [1.82, 2.24) is 14.7 Å². The zero-order valence-electron chi connectivity index (χ0n) is 22.8. The average molecular weight is 539 g/mol. The van der Waals surface area contributed by atoms with E-state index in [4.69, 9.17) is 0 Å². The van der Waals surface area contributed by atoms with E-state index in [0.29, 0.717) is 30.8 Å². The molecule has 1 N–H and O–H groups in total. The Labute approximate surface area is 234 Å². The van der Waals surface area contributed by atoms with Crippen LogP contribution in [0.25, 0.3) is 5.57 Å². The van der Waals surface area contributed by atoms with Crippen LogP contribution in [0.4, 0.5) is 21.0 Å². The van der Waals surface area contributed by atoms with Crippen molar-refractivity contribution in [2.24, 2.45) is 0 Å². The summed E-state index contributed by atoms with van der Waals surface area (Å²) in [4.78, 5) is 46.8. The summed E-state index contributed by atoms with van der Waals surface area (Å²) in [5.74, 6) is -1.12. The van der Waals surface area contributed by atoms with Crippen molar-refractivity contribution < 1.29 is 19.5 Å². The van der Waals surface area contributed by atoms with Gasteiger partial charge in [0.05, 0.1) is 23.5 Å². The quantitative estimate of drug-likeness (QED) is 0.428. The highest BCUT2D eigenvalue weighted by atomic mass is 16.4. The van der Waals surface area contributed by atoms with Gasteiger partial charge in [-0.15, -0.1) is 0 Å². The Balaban J connectivity index is 1.39. The molecule has 0 saturated carbocycles. The number of para-hydroxylation sites is 2. The Kier molecular flexibility index (Phi) is 7.60. The van der Waals surface area contributed by atoms with E-state index in [9.17, 15) is 19.5 Å². The number of aliphatic carboxylic acids is 1. The number of nitrogens with zero attached hydrogens (tertiary/aromatic N) is 4. The van der Waals surface area contributed by atoms with Crippen LogP contribution in [0.1, 0.15) is 30.9 Å². The Morgan fingerprint density at radius 3 is 1.98 bits per heavy atom. The normalized spacial score (nSPS) is 19.7. The molecule has 5 rings (SSSR count). The van der Waals surface area contributed by atoms with Crippen LogP contribution < -0.4 is 4.90 Å². The molecule has 2 saturated heterocycles. The molecule has 2 heterocycles. The molecule has 40 heavy (non-hydrogen) atoms. The monoisotopic (exact) mass is 538 g/mol. The summed E-state index contributed by atoms with van der Waals surface area (Å²) < 4.78 is 0. The number of hydrogen-bond acceptors (Lipinski definition) is 3. The first-order valence-electron chi connectivity index (χ1n) is 13.5. The molecule has 2 aliphatic rings. The largest absolute Gasteiger partial charge is 0.480 e. The molecule has 4 amide bonds. The molecular formula is C32H34N4O4. The van der Waals surface area contributed by atoms with E-state index in [1.54, 1.807) is 21.7 Å². The molecule has 0 aliphatic carbocycles. The number of rotatable bonds is 6. The highest BCUT2D eigenvalue weighted by Gasteiger charge is 2.54. The fraction of sp³-hybridized carbons (Fsp3) is 0.281. The van der Waals surface area contributed by atoms with Crippen LogP contribution in [0.15, 0.2) is 91.5 Å². The zero-order chi connectivity index (χ0) is 28.4. The fourth-order valence-electron chi connectivity index (χ4n) is 5.83. The summed E-state index contributed by atoms with van der Waals surface area (Å²) in [5, 5.41) is 10.4. The Bertz CT molecular complexity index is 1350. The van der Waals surface area contributed by atoms with Gasteiger partial charge >= 0.3 is 18.0 Å². The Morgan fingerprint density at radius 2 is 1.45 bits per heavy atom. The highest BCUT2D eigenvalue weighted by molar-refractivity contribution is 6.01. The van der Waals surface area contributed by atoms with Crippen LogP contribution in [0.3, 0.4) is 0 Å². The number of benzene rings is 3. The van der Waals surface area contributed by atoms with Gasteiger partial charge in [-0.2, -0.15) is 0 Å². The first-order valence-corrected chi connectivity index (χ1v) is 13.5. The van der Waals surface area contributed by atoms with Gasteiger partial charge in [0.25, 0.3) is 0 Å². The molecule has 0 spiro atoms. The van der Waals surface area contributed by atoms with Crippen LogP contribution in [0.2, 0.25) is 0 Å². The molecule has 8 nitrogen and oxygen atoms in total. The maximum atomic E-state index is 14.1. The van der Waals surface area contributed by atoms with E-state index in [2.05, 4.69) is 6.58 Å². The summed E-state index contributed by atoms with van der Waals surface area (Å²) in [6.07, 6.45) is 1.16. The molecule has 3 aromatic carbocycles. The standard InChI is InChI=1S/C32H34N4O4/c1-22(2)24-16-14-23(15-17-24)20-33(3)31(39)36-27-18-19-28(36)29(30(37)38)34(21-27)32(40)35(25-10-6-4-7-11-25)26-12-8-5-9-13-26/h4-17,27-29H,1,18-21H2,2-3H3,(H,37,38)/t27-,28+,29-/m0/s1. The van der Waals surface area contributed by atoms with Gasteiger partial charge < -0.3 is 19.8 Å². The van der Waals surface area contributed by atoms with E-state index in [0.717, 1.165) is 16.7 Å². The number of carbonyl (C=O) groups excluding carboxylic acids is 2. The van der Waals surface area contributed by atoms with Gasteiger partial charge in [0.1, 0.15) is 0 Å². The average Bonchev–Trinajstić information content (AvgIpc) is 3.25. The van der Waals surface area contributed by atoms with Crippen molar-refractivity contribution in [3.63, 3.8) is 0 Å². The molecule has 0 aromatic heterocycles. The number of anilines is 2. The molecule has 0 radical (unpaired) electrons. The van der Waals surface area contributed by atoms with Crippen molar-refractivity contribution in [3.8, 4) is 0 Å². The minimum atomic E-state index is -1.16. The molecule has 0 unspecified atom stereocenters. The van der Waals surface area contributed by atoms with E-state index in [1.807, 2.05) is 91.9 Å². The van der Waals surface area contributed by atoms with Gasteiger partial charge in [-0.3, -0.25) is 4.90 Å². The third-order valence-corrected chi connectivity index (χ3v) is 7.79. The lowest BCUT2D eigenvalue weighted by Gasteiger charge is -2.47. The number of likely N-dealkylation sites (tertiary alicyclic amines) is 1. The van der Waals surface area contributed by atoms with E-state index < -0.39 is 24.1 Å². The number of carboxylic acids is 1. The second-order valence-electron chi connectivity index (χ2n) is 10.5. The van der Waals surface area contributed by atoms with E-state index >= 15 is 0 Å². The van der Waals surface area contributed by atoms with E-state index in [-0.39, 0.29) is 18.6 Å². The molecule has 2 fully saturated rings. The van der Waals surface area contributed by atoms with Crippen molar-refractivity contribution in [2.45, 2.75) is 44.4 Å². The third-order valence-electron chi connectivity index (χ3n) is 7.79. The van der Waals surface area contributed by atoms with Gasteiger partial charge in [-0.1, -0.05) is 72.8 Å². The van der Waals surface area contributed by atoms with Gasteiger partial charge in [0, 0.05) is 20.1 Å². The molecule has 206 valence electrons. The van der Waals surface area contributed by atoms with Crippen molar-refractivity contribution in [3.05, 3.63) is 103 Å². The molecule has 2 bridgehead atoms. The number of urea groups is 2. The summed E-state index contributed by atoms with van der Waals surface area (Å²) in [6.45, 7) is 6.45. The number of piperazine rings is 1. The summed E-state index contributed by atoms with van der Waals surface area (Å²) in [7, 11) is 1.73. The van der Waals surface area contributed by atoms with Gasteiger partial charge in [0.2, 0.25) is 0 Å². The van der Waals surface area contributed by atoms with Crippen molar-refractivity contribution in [2.75, 3.05) is 18.5 Å². The van der Waals surface area contributed by atoms with E-state index in [1.165, 1.54) is 4.90 Å². The minimum Gasteiger partial charge on any atom is -0.480 e. The number of allylic oxidation sites excluding steroid dienone is 1. The van der Waals surface area contributed by atoms with Crippen LogP contribution >= 0.6 is 0 Å². The lowest BCUT2D eigenvalue weighted by atomic mass is 10.0. The maximum absolute atomic E-state index is 14.1. The SMILES string of the molecule is C=C(C)c1ccc(CN(C)C(=O)N2[C@H]3CC[C@@H]2[C@@H](C(=O)O)N(C(=O)N(c2ccccc2)c2ccccc2)C3)cc1. The number of amides is 4. The number of fused-ring (bicyclic) bond motifs is 2. The highest BCUT2D eigenvalue weighted by Crippen LogP contribution is 2.37. The predicted octanol–water partition coefficient (Wildman–Crippen LogP) is 5.83. The maximum Gasteiger partial charge on any atom is 0.329 e. The van der Waals surface area contributed by atoms with Crippen LogP contribution in [0, 0.1) is 0 Å². The molecule has 8 heteroatoms. The summed E-state index contributed by atoms with van der Waals surface area (Å²) in [5.41, 5.74) is 4.27. The minimum absolute atomic E-state index is 0.148. The Morgan fingerprint density at radius 1 is 0.875 bits per heavy atom. The van der Waals surface area contributed by atoms with Gasteiger partial charge in [-0.05, 0) is 55.2 Å². The smallest absolute Gasteiger partial charge is 0.329 e. The first kappa shape index (κ1) is 27.0. The lowest BCUT2D eigenvalue weighted by molar-refractivity contribution is -0.145. The van der Waals surface area contributed by atoms with Crippen LogP contribution in [-0.4, -0.2) is 69.6 Å². The number of carboxylic acid groups (broad SMARTS) is 1. The second kappa shape index (κ2) is 11.3. The van der Waals surface area contributed by atoms with Crippen molar-refractivity contribution in [1.29, 1.82) is 0 Å². The topological polar surface area (TPSA) is 84.4 Å². The predicted molar refractivity (Wildman–Crippen MR) is 155 cm³/mol. The van der Waals surface area contributed by atoms with Gasteiger partial charge in [0.15, 0.2) is 6.04 Å². The fourth-order valence-corrected chi connectivity index (χ4v) is 5.83. The first-order chi connectivity index (χ1) is 19.3. The second-order valence-corrected chi connectivity index (χ2v) is 10.5. The third kappa shape index (κ3) is 5.17. The molecule has 3 atom stereocenters. The van der Waals surface area contributed by atoms with Crippen molar-refractivity contribution >= 4 is 35.0 Å². The number of carbonyl (C=O) groups is 3. The van der Waals surface area contributed by atoms with Crippen LogP contribution in [0.5, 0.6) is 0 Å². The zero-order valence-corrected chi connectivity index (χ0v) is 22.8. The van der Waals surface area contributed by atoms with Crippen LogP contribution in [-0.2, 0) is 11.3 Å². The molecule has 2 aliphatic heterocycles. The molecular weight excluding hydrogens is 504 g/mol. The lowest BCUT2D eigenvalue weighted by Crippen LogP contribution is -2.67. The molecule has 3 aromatic rings.